The fourth-order valence-electron chi connectivity index (χ4n) is 3.31. The number of aliphatic hydroxyl groups excluding tert-OH is 1. The number of ether oxygens (including phenoxy) is 2. The third kappa shape index (κ3) is 11.1. The lowest BCUT2D eigenvalue weighted by molar-refractivity contribution is -0.147. The fourth-order valence-corrected chi connectivity index (χ4v) is 3.31. The van der Waals surface area contributed by atoms with Crippen LogP contribution in [0.3, 0.4) is 0 Å². The van der Waals surface area contributed by atoms with E-state index in [-0.39, 0.29) is 19.6 Å². The minimum absolute atomic E-state index is 0.0180. The minimum Gasteiger partial charge on any atom is -0.461 e. The molecule has 0 bridgehead atoms. The number of nitrogens with one attached hydrogen (secondary N) is 2. The highest BCUT2D eigenvalue weighted by molar-refractivity contribution is 5.89. The molecular formula is C27H36N2O6. The number of carbonyl (C=O) groups is 3. The lowest BCUT2D eigenvalue weighted by atomic mass is 9.99. The van der Waals surface area contributed by atoms with Crippen molar-refractivity contribution in [3.63, 3.8) is 0 Å². The van der Waals surface area contributed by atoms with Crippen molar-refractivity contribution in [2.75, 3.05) is 0 Å². The van der Waals surface area contributed by atoms with Crippen LogP contribution in [-0.4, -0.2) is 41.3 Å². The van der Waals surface area contributed by atoms with E-state index in [2.05, 4.69) is 24.5 Å². The maximum atomic E-state index is 13.0. The van der Waals surface area contributed by atoms with E-state index >= 15 is 0 Å². The van der Waals surface area contributed by atoms with Gasteiger partial charge >= 0.3 is 12.1 Å². The Hall–Kier alpha value is -3.39. The average Bonchev–Trinajstić information content (AvgIpc) is 2.84. The van der Waals surface area contributed by atoms with Crippen molar-refractivity contribution in [2.24, 2.45) is 5.92 Å². The molecule has 0 heterocycles. The first-order chi connectivity index (χ1) is 16.7. The Balaban J connectivity index is 2.01. The highest BCUT2D eigenvalue weighted by Gasteiger charge is 2.28. The molecule has 0 saturated heterocycles. The van der Waals surface area contributed by atoms with E-state index in [0.717, 1.165) is 17.5 Å². The zero-order chi connectivity index (χ0) is 25.6. The lowest BCUT2D eigenvalue weighted by Gasteiger charge is -2.25. The quantitative estimate of drug-likeness (QED) is 0.374. The molecule has 0 aliphatic rings. The molecule has 190 valence electrons. The molecule has 2 rings (SSSR count). The van der Waals surface area contributed by atoms with Crippen LogP contribution in [-0.2, 0) is 32.3 Å². The van der Waals surface area contributed by atoms with Crippen molar-refractivity contribution in [3.05, 3.63) is 71.8 Å². The maximum absolute atomic E-state index is 13.0. The van der Waals surface area contributed by atoms with Crippen LogP contribution in [0.5, 0.6) is 0 Å². The normalized spacial score (nSPS) is 13.4. The summed E-state index contributed by atoms with van der Waals surface area (Å²) in [6, 6.07) is 16.5. The van der Waals surface area contributed by atoms with Crippen molar-refractivity contribution in [1.82, 2.24) is 10.6 Å². The Morgan fingerprint density at radius 3 is 1.86 bits per heavy atom. The summed E-state index contributed by atoms with van der Waals surface area (Å²) in [5, 5.41) is 15.4. The highest BCUT2D eigenvalue weighted by atomic mass is 16.5. The van der Waals surface area contributed by atoms with Crippen LogP contribution in [0, 0.1) is 5.92 Å². The Morgan fingerprint density at radius 2 is 1.34 bits per heavy atom. The average molecular weight is 485 g/mol. The molecule has 0 saturated carbocycles. The van der Waals surface area contributed by atoms with Crippen molar-refractivity contribution >= 4 is 18.0 Å². The number of carbonyl (C=O) groups excluding carboxylic acids is 3. The van der Waals surface area contributed by atoms with Gasteiger partial charge in [0.05, 0.1) is 18.6 Å². The Kier molecular flexibility index (Phi) is 11.8. The summed E-state index contributed by atoms with van der Waals surface area (Å²) in [7, 11) is 0. The fraction of sp³-hybridized carbons (Fsp3) is 0.444. The molecule has 8 heteroatoms. The van der Waals surface area contributed by atoms with Gasteiger partial charge in [-0.15, -0.1) is 0 Å². The molecule has 35 heavy (non-hydrogen) atoms. The van der Waals surface area contributed by atoms with Crippen LogP contribution in [0.2, 0.25) is 0 Å². The predicted octanol–water partition coefficient (Wildman–Crippen LogP) is 3.72. The molecule has 0 radical (unpaired) electrons. The third-order valence-electron chi connectivity index (χ3n) is 5.40. The second-order valence-corrected chi connectivity index (χ2v) is 8.94. The molecule has 3 N–H and O–H groups in total. The number of rotatable bonds is 13. The molecule has 2 aromatic carbocycles. The Bertz CT molecular complexity index is 860. The van der Waals surface area contributed by atoms with E-state index in [0.29, 0.717) is 12.3 Å². The zero-order valence-electron chi connectivity index (χ0n) is 20.6. The van der Waals surface area contributed by atoms with Gasteiger partial charge in [-0.1, -0.05) is 74.5 Å². The van der Waals surface area contributed by atoms with Gasteiger partial charge in [-0.3, -0.25) is 9.59 Å². The van der Waals surface area contributed by atoms with E-state index in [4.69, 9.17) is 9.47 Å². The van der Waals surface area contributed by atoms with E-state index in [1.54, 1.807) is 19.1 Å². The third-order valence-corrected chi connectivity index (χ3v) is 5.40. The topological polar surface area (TPSA) is 114 Å². The van der Waals surface area contributed by atoms with E-state index in [1.165, 1.54) is 0 Å². The van der Waals surface area contributed by atoms with Gasteiger partial charge in [0.25, 0.3) is 0 Å². The Morgan fingerprint density at radius 1 is 0.800 bits per heavy atom. The molecule has 0 unspecified atom stereocenters. The van der Waals surface area contributed by atoms with Crippen molar-refractivity contribution in [2.45, 2.75) is 71.4 Å². The molecule has 2 aromatic rings. The number of hydrogen-bond acceptors (Lipinski definition) is 6. The first-order valence-corrected chi connectivity index (χ1v) is 11.9. The van der Waals surface area contributed by atoms with Gasteiger partial charge in [-0.2, -0.15) is 0 Å². The molecule has 0 aromatic heterocycles. The summed E-state index contributed by atoms with van der Waals surface area (Å²) >= 11 is 0. The highest BCUT2D eigenvalue weighted by Crippen LogP contribution is 2.11. The molecule has 0 aliphatic carbocycles. The standard InChI is InChI=1S/C27H36N2O6/c1-19(2)14-15-23(20(3)30)28-26(32)24(16-25(31)34-17-21-10-6-4-7-11-21)29-27(33)35-18-22-12-8-5-9-13-22/h4-13,19-20,23-24,30H,14-18H2,1-3H3,(H,28,32)(H,29,33)/t20-,23-,24-/m0/s1. The van der Waals surface area contributed by atoms with Crippen LogP contribution in [0.25, 0.3) is 0 Å². The number of benzene rings is 2. The van der Waals surface area contributed by atoms with Crippen molar-refractivity contribution in [1.29, 1.82) is 0 Å². The van der Waals surface area contributed by atoms with Gasteiger partial charge in [0.15, 0.2) is 0 Å². The van der Waals surface area contributed by atoms with Crippen LogP contribution < -0.4 is 10.6 Å². The van der Waals surface area contributed by atoms with Crippen LogP contribution in [0.1, 0.15) is 51.2 Å². The van der Waals surface area contributed by atoms with Gasteiger partial charge in [0, 0.05) is 0 Å². The van der Waals surface area contributed by atoms with Gasteiger partial charge in [0.1, 0.15) is 19.3 Å². The summed E-state index contributed by atoms with van der Waals surface area (Å²) in [5.41, 5.74) is 1.59. The molecule has 0 spiro atoms. The molecule has 2 amide bonds. The van der Waals surface area contributed by atoms with E-state index in [1.807, 2.05) is 48.5 Å². The van der Waals surface area contributed by atoms with Crippen molar-refractivity contribution in [3.8, 4) is 0 Å². The summed E-state index contributed by atoms with van der Waals surface area (Å²) in [6.07, 6.45) is -0.652. The smallest absolute Gasteiger partial charge is 0.408 e. The van der Waals surface area contributed by atoms with E-state index in [9.17, 15) is 19.5 Å². The van der Waals surface area contributed by atoms with Crippen molar-refractivity contribution < 1.29 is 29.0 Å². The summed E-state index contributed by atoms with van der Waals surface area (Å²) in [4.78, 5) is 37.9. The second kappa shape index (κ2) is 14.8. The van der Waals surface area contributed by atoms with E-state index < -0.39 is 36.2 Å². The van der Waals surface area contributed by atoms with Gasteiger partial charge in [-0.05, 0) is 36.8 Å². The van der Waals surface area contributed by atoms with Gasteiger partial charge in [0.2, 0.25) is 5.91 Å². The number of aliphatic hydroxyl groups is 1. The molecular weight excluding hydrogens is 448 g/mol. The maximum Gasteiger partial charge on any atom is 0.408 e. The largest absolute Gasteiger partial charge is 0.461 e. The monoisotopic (exact) mass is 484 g/mol. The second-order valence-electron chi connectivity index (χ2n) is 8.94. The molecule has 0 aliphatic heterocycles. The zero-order valence-corrected chi connectivity index (χ0v) is 20.6. The summed E-state index contributed by atoms with van der Waals surface area (Å²) in [6.45, 7) is 5.77. The van der Waals surface area contributed by atoms with Gasteiger partial charge in [-0.25, -0.2) is 4.79 Å². The predicted molar refractivity (Wildman–Crippen MR) is 132 cm³/mol. The number of alkyl carbamates (subject to hydrolysis) is 1. The Labute approximate surface area is 207 Å². The number of amides is 2. The number of hydrogen-bond donors (Lipinski definition) is 3. The van der Waals surface area contributed by atoms with Crippen LogP contribution in [0.15, 0.2) is 60.7 Å². The SMILES string of the molecule is CC(C)CC[C@H](NC(=O)[C@H](CC(=O)OCc1ccccc1)NC(=O)OCc1ccccc1)[C@H](C)O. The lowest BCUT2D eigenvalue weighted by Crippen LogP contribution is -2.53. The van der Waals surface area contributed by atoms with Gasteiger partial charge < -0.3 is 25.2 Å². The first kappa shape index (κ1) is 27.9. The van der Waals surface area contributed by atoms with Crippen LogP contribution >= 0.6 is 0 Å². The first-order valence-electron chi connectivity index (χ1n) is 11.9. The number of esters is 1. The summed E-state index contributed by atoms with van der Waals surface area (Å²) < 4.78 is 10.5. The minimum atomic E-state index is -1.22. The summed E-state index contributed by atoms with van der Waals surface area (Å²) in [5.74, 6) is -0.843. The molecule has 3 atom stereocenters. The van der Waals surface area contributed by atoms with Crippen LogP contribution in [0.4, 0.5) is 4.79 Å². The molecule has 8 nitrogen and oxygen atoms in total. The molecule has 0 fully saturated rings.